The van der Waals surface area contributed by atoms with Gasteiger partial charge in [-0.15, -0.1) is 0 Å². The number of carbonyl (C=O) groups excluding carboxylic acids is 2. The molecule has 0 amide bonds. The highest BCUT2D eigenvalue weighted by Gasteiger charge is 2.53. The Morgan fingerprint density at radius 2 is 1.35 bits per heavy atom. The van der Waals surface area contributed by atoms with Gasteiger partial charge in [0.25, 0.3) is 5.56 Å². The lowest BCUT2D eigenvalue weighted by molar-refractivity contribution is -0.155. The number of esters is 2. The Morgan fingerprint density at radius 3 is 1.80 bits per heavy atom. The zero-order valence-electron chi connectivity index (χ0n) is 21.4. The highest BCUT2D eigenvalue weighted by Crippen LogP contribution is 2.49. The Bertz CT molecular complexity index is 1570. The third-order valence-electron chi connectivity index (χ3n) is 6.60. The van der Waals surface area contributed by atoms with Gasteiger partial charge in [0.15, 0.2) is 0 Å². The largest absolute Gasteiger partial charge is 0.479 e. The molecule has 4 aromatic rings. The van der Waals surface area contributed by atoms with E-state index in [1.165, 1.54) is 0 Å². The van der Waals surface area contributed by atoms with Crippen LogP contribution < -0.4 is 11.2 Å². The van der Waals surface area contributed by atoms with Crippen molar-refractivity contribution in [1.82, 2.24) is 9.97 Å². The van der Waals surface area contributed by atoms with Crippen LogP contribution in [0, 0.1) is 6.92 Å². The summed E-state index contributed by atoms with van der Waals surface area (Å²) >= 11 is 0. The minimum absolute atomic E-state index is 0.346. The minimum Gasteiger partial charge on any atom is -0.479 e. The van der Waals surface area contributed by atoms with Crippen LogP contribution in [-0.4, -0.2) is 38.1 Å². The molecule has 0 unspecified atom stereocenters. The van der Waals surface area contributed by atoms with Crippen LogP contribution in [0.25, 0.3) is 0 Å². The fourth-order valence-corrected chi connectivity index (χ4v) is 4.20. The zero-order chi connectivity index (χ0) is 28.9. The van der Waals surface area contributed by atoms with E-state index in [-0.39, 0.29) is 5.69 Å². The molecule has 5 rings (SSSR count). The number of hydrogen-bond acceptors (Lipinski definition) is 7. The van der Waals surface area contributed by atoms with Crippen molar-refractivity contribution in [3.8, 4) is 0 Å². The smallest absolute Gasteiger partial charge is 0.362 e. The summed E-state index contributed by atoms with van der Waals surface area (Å²) in [6.45, 7) is 1.94. The van der Waals surface area contributed by atoms with Gasteiger partial charge in [-0.25, -0.2) is 14.4 Å². The maximum Gasteiger partial charge on any atom is 0.362 e. The number of aliphatic hydroxyl groups is 1. The van der Waals surface area contributed by atoms with E-state index >= 15 is 0 Å². The van der Waals surface area contributed by atoms with Gasteiger partial charge >= 0.3 is 23.6 Å². The van der Waals surface area contributed by atoms with Crippen molar-refractivity contribution in [3.63, 3.8) is 0 Å². The molecule has 1 aromatic heterocycles. The molecule has 10 heteroatoms. The van der Waals surface area contributed by atoms with Gasteiger partial charge in [-0.2, -0.15) is 0 Å². The molecule has 40 heavy (non-hydrogen) atoms. The molecule has 0 radical (unpaired) electrons. The lowest BCUT2D eigenvalue weighted by Crippen LogP contribution is -2.36. The van der Waals surface area contributed by atoms with Crippen LogP contribution in [0.1, 0.15) is 45.6 Å². The summed E-state index contributed by atoms with van der Waals surface area (Å²) < 4.78 is 4.86. The Balaban J connectivity index is 0.000000194. The first-order valence-electron chi connectivity index (χ1n) is 12.3. The van der Waals surface area contributed by atoms with Crippen molar-refractivity contribution in [3.05, 3.63) is 140 Å². The molecule has 1 fully saturated rings. The molecule has 1 aliphatic rings. The van der Waals surface area contributed by atoms with Gasteiger partial charge in [-0.1, -0.05) is 90.5 Å². The van der Waals surface area contributed by atoms with Crippen LogP contribution in [-0.2, 0) is 25.3 Å². The summed E-state index contributed by atoms with van der Waals surface area (Å²) in [5.74, 6) is -3.00. The third-order valence-corrected chi connectivity index (χ3v) is 6.60. The number of benzene rings is 3. The Kier molecular flexibility index (Phi) is 7.92. The van der Waals surface area contributed by atoms with Gasteiger partial charge in [-0.05, 0) is 36.5 Å². The normalized spacial score (nSPS) is 13.3. The lowest BCUT2D eigenvalue weighted by Gasteiger charge is -2.24. The van der Waals surface area contributed by atoms with Crippen molar-refractivity contribution in [2.75, 3.05) is 0 Å². The second kappa shape index (κ2) is 11.3. The van der Waals surface area contributed by atoms with Crippen molar-refractivity contribution in [2.45, 2.75) is 30.8 Å². The van der Waals surface area contributed by atoms with E-state index < -0.39 is 40.2 Å². The van der Waals surface area contributed by atoms with E-state index in [1.54, 1.807) is 60.7 Å². The number of carboxylic acid groups (broad SMARTS) is 1. The number of hydrogen-bond donors (Lipinski definition) is 4. The molecule has 1 heterocycles. The molecular weight excluding hydrogens is 516 g/mol. The average molecular weight is 543 g/mol. The van der Waals surface area contributed by atoms with Crippen molar-refractivity contribution in [1.29, 1.82) is 0 Å². The van der Waals surface area contributed by atoms with Crippen molar-refractivity contribution < 1.29 is 29.3 Å². The Labute approximate surface area is 227 Å². The number of aliphatic carboxylic acids is 1. The quantitative estimate of drug-likeness (QED) is 0.213. The fourth-order valence-electron chi connectivity index (χ4n) is 4.20. The van der Waals surface area contributed by atoms with E-state index in [0.29, 0.717) is 24.0 Å². The molecule has 3 aromatic carbocycles. The standard InChI is InChI=1S/C16H14N2O5.C14H12O3/c1-9-2-4-10(5-3-9)16(6-7-16)14(21)23-13(20)11-8-12(19)18-15(22)17-11;15-13(16)14(17,11-7-3-1-4-8-11)12-9-5-2-6-10-12/h2-5,8H,6-7H2,1H3,(H2,17,18,19,22);1-10,17H,(H,15,16). The first-order valence-corrected chi connectivity index (χ1v) is 12.3. The van der Waals surface area contributed by atoms with E-state index in [2.05, 4.69) is 4.98 Å². The number of ether oxygens (including phenoxy) is 1. The summed E-state index contributed by atoms with van der Waals surface area (Å²) in [6.07, 6.45) is 1.18. The fraction of sp³-hybridized carbons (Fsp3) is 0.167. The predicted octanol–water partition coefficient (Wildman–Crippen LogP) is 2.79. The SMILES string of the molecule is Cc1ccc(C2(C(=O)OC(=O)c3cc(=O)[nH]c(=O)[nH]3)CC2)cc1.O=C(O)C(O)(c1ccccc1)c1ccccc1. The molecule has 1 aliphatic carbocycles. The van der Waals surface area contributed by atoms with Crippen LogP contribution in [0.4, 0.5) is 0 Å². The molecule has 0 aliphatic heterocycles. The molecule has 0 saturated heterocycles. The number of carboxylic acids is 1. The maximum atomic E-state index is 12.3. The van der Waals surface area contributed by atoms with Crippen molar-refractivity contribution in [2.24, 2.45) is 0 Å². The number of carbonyl (C=O) groups is 3. The summed E-state index contributed by atoms with van der Waals surface area (Å²) in [5, 5.41) is 19.7. The zero-order valence-corrected chi connectivity index (χ0v) is 21.4. The van der Waals surface area contributed by atoms with Crippen LogP contribution in [0.3, 0.4) is 0 Å². The number of nitrogens with one attached hydrogen (secondary N) is 2. The maximum absolute atomic E-state index is 12.3. The monoisotopic (exact) mass is 542 g/mol. The summed E-state index contributed by atoms with van der Waals surface area (Å²) in [6, 6.07) is 25.1. The second-order valence-electron chi connectivity index (χ2n) is 9.37. The molecule has 0 bridgehead atoms. The van der Waals surface area contributed by atoms with Crippen LogP contribution >= 0.6 is 0 Å². The second-order valence-corrected chi connectivity index (χ2v) is 9.37. The predicted molar refractivity (Wildman–Crippen MR) is 144 cm³/mol. The number of H-pyrrole nitrogens is 2. The van der Waals surface area contributed by atoms with Gasteiger partial charge in [0, 0.05) is 6.07 Å². The number of aryl methyl sites for hydroxylation is 1. The van der Waals surface area contributed by atoms with Gasteiger partial charge < -0.3 is 19.9 Å². The van der Waals surface area contributed by atoms with E-state index in [1.807, 2.05) is 36.2 Å². The first-order chi connectivity index (χ1) is 19.1. The minimum atomic E-state index is -2.00. The van der Waals surface area contributed by atoms with E-state index in [4.69, 9.17) is 4.74 Å². The van der Waals surface area contributed by atoms with Gasteiger partial charge in [0.05, 0.1) is 5.41 Å². The molecule has 1 saturated carbocycles. The Morgan fingerprint density at radius 1 is 0.825 bits per heavy atom. The summed E-state index contributed by atoms with van der Waals surface area (Å²) in [4.78, 5) is 62.1. The number of rotatable bonds is 6. The topological polar surface area (TPSA) is 167 Å². The molecule has 0 atom stereocenters. The highest BCUT2D eigenvalue weighted by atomic mass is 16.6. The lowest BCUT2D eigenvalue weighted by atomic mass is 9.86. The number of aromatic nitrogens is 2. The van der Waals surface area contributed by atoms with Crippen molar-refractivity contribution >= 4 is 17.9 Å². The van der Waals surface area contributed by atoms with Gasteiger partial charge in [0.1, 0.15) is 5.69 Å². The van der Waals surface area contributed by atoms with E-state index in [0.717, 1.165) is 17.2 Å². The highest BCUT2D eigenvalue weighted by molar-refractivity contribution is 6.00. The Hall–Kier alpha value is -5.09. The molecular formula is C30H26N2O8. The molecule has 10 nitrogen and oxygen atoms in total. The number of aromatic amines is 2. The summed E-state index contributed by atoms with van der Waals surface area (Å²) in [7, 11) is 0. The van der Waals surface area contributed by atoms with Crippen LogP contribution in [0.5, 0.6) is 0 Å². The average Bonchev–Trinajstić information content (AvgIpc) is 3.76. The first kappa shape index (κ1) is 27.9. The van der Waals surface area contributed by atoms with Crippen LogP contribution in [0.15, 0.2) is 101 Å². The van der Waals surface area contributed by atoms with Gasteiger partial charge in [0.2, 0.25) is 5.60 Å². The third kappa shape index (κ3) is 5.82. The molecule has 4 N–H and O–H groups in total. The summed E-state index contributed by atoms with van der Waals surface area (Å²) in [5.41, 5.74) is -2.20. The molecule has 204 valence electrons. The molecule has 0 spiro atoms. The van der Waals surface area contributed by atoms with E-state index in [9.17, 15) is 34.2 Å². The van der Waals surface area contributed by atoms with Crippen LogP contribution in [0.2, 0.25) is 0 Å². The van der Waals surface area contributed by atoms with Gasteiger partial charge in [-0.3, -0.25) is 14.6 Å².